The van der Waals surface area contributed by atoms with Gasteiger partial charge in [0, 0.05) is 23.4 Å². The summed E-state index contributed by atoms with van der Waals surface area (Å²) in [6, 6.07) is 7.21. The number of Topliss-reactive ketones (excluding diaryl/α,β-unsaturated/α-hetero) is 1. The number of carboxylic acids is 1. The van der Waals surface area contributed by atoms with Gasteiger partial charge in [-0.1, -0.05) is 11.6 Å². The molecule has 0 spiro atoms. The van der Waals surface area contributed by atoms with Crippen LogP contribution in [0.2, 0.25) is 5.02 Å². The van der Waals surface area contributed by atoms with Gasteiger partial charge in [0.05, 0.1) is 23.3 Å². The fraction of sp³-hybridized carbons (Fsp3) is 0.250. The van der Waals surface area contributed by atoms with E-state index in [-0.39, 0.29) is 25.0 Å². The summed E-state index contributed by atoms with van der Waals surface area (Å²) in [4.78, 5) is 37.4. The van der Waals surface area contributed by atoms with Crippen LogP contribution in [-0.4, -0.2) is 41.5 Å². The van der Waals surface area contributed by atoms with Gasteiger partial charge in [0.15, 0.2) is 11.6 Å². The number of carboxylic acid groups (broad SMARTS) is 1. The first-order chi connectivity index (χ1) is 13.3. The Balaban J connectivity index is 2.14. The highest BCUT2D eigenvalue weighted by molar-refractivity contribution is 6.30. The van der Waals surface area contributed by atoms with E-state index in [9.17, 15) is 28.3 Å². The highest BCUT2D eigenvalue weighted by Crippen LogP contribution is 2.28. The Labute approximate surface area is 163 Å². The fourth-order valence-corrected chi connectivity index (χ4v) is 3.20. The number of hydrogen-bond acceptors (Lipinski definition) is 4. The van der Waals surface area contributed by atoms with Gasteiger partial charge in [0.25, 0.3) is 0 Å². The van der Waals surface area contributed by atoms with Crippen molar-refractivity contribution in [3.05, 3.63) is 69.5 Å². The average molecular weight is 409 g/mol. The van der Waals surface area contributed by atoms with E-state index in [4.69, 9.17) is 16.3 Å². The summed E-state index contributed by atoms with van der Waals surface area (Å²) in [5.41, 5.74) is -1.81. The average Bonchev–Trinajstić information content (AvgIpc) is 2.67. The number of rotatable bonds is 5. The number of aromatic carboxylic acids is 1. The van der Waals surface area contributed by atoms with E-state index in [1.165, 1.54) is 24.3 Å². The molecule has 28 heavy (non-hydrogen) atoms. The van der Waals surface area contributed by atoms with Gasteiger partial charge in [-0.2, -0.15) is 0 Å². The van der Waals surface area contributed by atoms with Crippen LogP contribution in [0.25, 0.3) is 0 Å². The molecule has 1 aliphatic heterocycles. The minimum absolute atomic E-state index is 0.0273. The highest BCUT2D eigenvalue weighted by atomic mass is 35.5. The summed E-state index contributed by atoms with van der Waals surface area (Å²) in [7, 11) is 0. The fourth-order valence-electron chi connectivity index (χ4n) is 3.08. The molecule has 1 heterocycles. The van der Waals surface area contributed by atoms with Gasteiger partial charge in [0.2, 0.25) is 0 Å². The highest BCUT2D eigenvalue weighted by Gasteiger charge is 2.35. The maximum atomic E-state index is 14.6. The molecule has 1 aliphatic rings. The van der Waals surface area contributed by atoms with Crippen LogP contribution in [0.4, 0.5) is 8.78 Å². The zero-order valence-corrected chi connectivity index (χ0v) is 15.2. The van der Waals surface area contributed by atoms with Crippen LogP contribution in [0, 0.1) is 5.82 Å². The molecule has 0 aromatic heterocycles. The lowest BCUT2D eigenvalue weighted by Gasteiger charge is -2.25. The predicted octanol–water partition coefficient (Wildman–Crippen LogP) is 4.11. The molecule has 146 valence electrons. The Bertz CT molecular complexity index is 942. The van der Waals surface area contributed by atoms with E-state index in [1.807, 2.05) is 0 Å². The summed E-state index contributed by atoms with van der Waals surface area (Å²) >= 11 is 5.79. The first-order valence-corrected chi connectivity index (χ1v) is 8.83. The van der Waals surface area contributed by atoms with Gasteiger partial charge in [-0.25, -0.2) is 13.6 Å². The van der Waals surface area contributed by atoms with Crippen molar-refractivity contribution in [2.45, 2.75) is 25.1 Å². The molecule has 0 aliphatic carbocycles. The smallest absolute Gasteiger partial charge is 0.336 e. The van der Waals surface area contributed by atoms with Crippen LogP contribution in [0.3, 0.4) is 0 Å². The second-order valence-electron chi connectivity index (χ2n) is 6.33. The molecule has 2 unspecified atom stereocenters. The Morgan fingerprint density at radius 3 is 2.36 bits per heavy atom. The van der Waals surface area contributed by atoms with E-state index < -0.39 is 52.3 Å². The van der Waals surface area contributed by atoms with Crippen molar-refractivity contribution in [1.82, 2.24) is 0 Å². The Hall–Kier alpha value is -2.64. The van der Waals surface area contributed by atoms with E-state index in [2.05, 4.69) is 0 Å². The van der Waals surface area contributed by atoms with Crippen molar-refractivity contribution in [2.24, 2.45) is 0 Å². The molecule has 3 rings (SSSR count). The van der Waals surface area contributed by atoms with Gasteiger partial charge in [-0.05, 0) is 36.4 Å². The van der Waals surface area contributed by atoms with Crippen LogP contribution in [0.5, 0.6) is 0 Å². The maximum absolute atomic E-state index is 14.6. The normalized spacial score (nSPS) is 19.2. The third kappa shape index (κ3) is 3.95. The molecule has 0 bridgehead atoms. The van der Waals surface area contributed by atoms with Crippen molar-refractivity contribution in [3.8, 4) is 0 Å². The number of benzene rings is 2. The van der Waals surface area contributed by atoms with E-state index in [1.54, 1.807) is 0 Å². The standard InChI is InChI=1S/C20H15ClF2O5/c21-11-3-1-10(2-4-11)18(24)16-13(20(26)27)5-6-14(23)17(16)19(25)15-9-12(22)7-8-28-15/h1-6,12,15H,7-9H2,(H,26,27). The molecule has 1 saturated heterocycles. The lowest BCUT2D eigenvalue weighted by Crippen LogP contribution is -2.35. The van der Waals surface area contributed by atoms with Crippen LogP contribution in [0.15, 0.2) is 36.4 Å². The molecule has 2 aromatic rings. The quantitative estimate of drug-likeness (QED) is 0.753. The summed E-state index contributed by atoms with van der Waals surface area (Å²) in [6.45, 7) is -0.0295. The number of alkyl halides is 1. The number of halogens is 3. The minimum Gasteiger partial charge on any atom is -0.478 e. The van der Waals surface area contributed by atoms with E-state index in [0.29, 0.717) is 5.02 Å². The lowest BCUT2D eigenvalue weighted by molar-refractivity contribution is -0.00775. The molecular weight excluding hydrogens is 394 g/mol. The van der Waals surface area contributed by atoms with E-state index >= 15 is 0 Å². The lowest BCUT2D eigenvalue weighted by atomic mass is 9.88. The van der Waals surface area contributed by atoms with Crippen molar-refractivity contribution in [1.29, 1.82) is 0 Å². The van der Waals surface area contributed by atoms with Crippen LogP contribution < -0.4 is 0 Å². The summed E-state index contributed by atoms with van der Waals surface area (Å²) in [5, 5.41) is 9.80. The monoisotopic (exact) mass is 408 g/mol. The molecule has 1 N–H and O–H groups in total. The zero-order chi connectivity index (χ0) is 20.4. The number of ether oxygens (including phenoxy) is 1. The van der Waals surface area contributed by atoms with Gasteiger partial charge in [-0.15, -0.1) is 0 Å². The minimum atomic E-state index is -1.50. The van der Waals surface area contributed by atoms with Crippen LogP contribution in [0.1, 0.15) is 49.5 Å². The van der Waals surface area contributed by atoms with Gasteiger partial charge in [0.1, 0.15) is 18.1 Å². The molecule has 0 radical (unpaired) electrons. The number of carbonyl (C=O) groups excluding carboxylic acids is 2. The Morgan fingerprint density at radius 1 is 1.07 bits per heavy atom. The molecule has 2 aromatic carbocycles. The van der Waals surface area contributed by atoms with Crippen LogP contribution in [-0.2, 0) is 4.74 Å². The van der Waals surface area contributed by atoms with Gasteiger partial charge in [-0.3, -0.25) is 9.59 Å². The van der Waals surface area contributed by atoms with Crippen LogP contribution >= 0.6 is 11.6 Å². The molecule has 0 saturated carbocycles. The zero-order valence-electron chi connectivity index (χ0n) is 14.5. The third-order valence-electron chi connectivity index (χ3n) is 4.48. The van der Waals surface area contributed by atoms with Crippen molar-refractivity contribution < 1.29 is 33.0 Å². The largest absolute Gasteiger partial charge is 0.478 e. The van der Waals surface area contributed by atoms with Crippen molar-refractivity contribution in [3.63, 3.8) is 0 Å². The van der Waals surface area contributed by atoms with Crippen molar-refractivity contribution >= 4 is 29.1 Å². The second kappa shape index (κ2) is 8.16. The predicted molar refractivity (Wildman–Crippen MR) is 96.4 cm³/mol. The second-order valence-corrected chi connectivity index (χ2v) is 6.77. The number of ketones is 2. The number of hydrogen-bond donors (Lipinski definition) is 1. The summed E-state index contributed by atoms with van der Waals surface area (Å²) < 4.78 is 33.5. The Kier molecular flexibility index (Phi) is 5.86. The molecule has 2 atom stereocenters. The van der Waals surface area contributed by atoms with Gasteiger partial charge < -0.3 is 9.84 Å². The molecular formula is C20H15ClF2O5. The SMILES string of the molecule is O=C(O)c1ccc(F)c(C(=O)C2CC(F)CCO2)c1C(=O)c1ccc(Cl)cc1. The van der Waals surface area contributed by atoms with Gasteiger partial charge >= 0.3 is 5.97 Å². The molecule has 0 amide bonds. The first-order valence-electron chi connectivity index (χ1n) is 8.45. The van der Waals surface area contributed by atoms with Crippen molar-refractivity contribution in [2.75, 3.05) is 6.61 Å². The number of carbonyl (C=O) groups is 3. The summed E-state index contributed by atoms with van der Waals surface area (Å²) in [6.07, 6.45) is -2.77. The maximum Gasteiger partial charge on any atom is 0.336 e. The Morgan fingerprint density at radius 2 is 1.75 bits per heavy atom. The first kappa shape index (κ1) is 20.1. The molecule has 5 nitrogen and oxygen atoms in total. The topological polar surface area (TPSA) is 80.7 Å². The summed E-state index contributed by atoms with van der Waals surface area (Å²) in [5.74, 6) is -4.39. The molecule has 1 fully saturated rings. The third-order valence-corrected chi connectivity index (χ3v) is 4.73. The van der Waals surface area contributed by atoms with E-state index in [0.717, 1.165) is 12.1 Å². The molecule has 8 heteroatoms.